The third-order valence-electron chi connectivity index (χ3n) is 4.13. The number of hydrogen-bond acceptors (Lipinski definition) is 2. The monoisotopic (exact) mass is 413 g/mol. The normalized spacial score (nSPS) is 20.5. The van der Waals surface area contributed by atoms with Crippen LogP contribution < -0.4 is 15.8 Å². The molecule has 1 aliphatic heterocycles. The largest absolute Gasteiger partial charge is 0.493 e. The maximum atomic E-state index is 6.03. The SMILES string of the molecule is I.NC(=NCCC1=CCCC1)NC1CCOc2ccccc21. The van der Waals surface area contributed by atoms with Gasteiger partial charge in [0.15, 0.2) is 5.96 Å². The van der Waals surface area contributed by atoms with Gasteiger partial charge in [-0.3, -0.25) is 4.99 Å². The highest BCUT2D eigenvalue weighted by Gasteiger charge is 2.21. The molecule has 1 aromatic rings. The minimum Gasteiger partial charge on any atom is -0.493 e. The van der Waals surface area contributed by atoms with Gasteiger partial charge in [0.05, 0.1) is 12.6 Å². The van der Waals surface area contributed by atoms with Crippen molar-refractivity contribution in [3.05, 3.63) is 41.5 Å². The molecule has 0 bridgehead atoms. The van der Waals surface area contributed by atoms with Crippen LogP contribution in [0.2, 0.25) is 0 Å². The molecule has 3 rings (SSSR count). The molecule has 120 valence electrons. The van der Waals surface area contributed by atoms with Crippen LogP contribution in [0.25, 0.3) is 0 Å². The molecule has 2 aliphatic rings. The molecule has 5 heteroatoms. The molecule has 0 aromatic heterocycles. The number of nitrogens with two attached hydrogens (primary N) is 1. The minimum atomic E-state index is 0. The number of ether oxygens (including phenoxy) is 1. The van der Waals surface area contributed by atoms with Gasteiger partial charge < -0.3 is 15.8 Å². The van der Waals surface area contributed by atoms with Crippen LogP contribution >= 0.6 is 24.0 Å². The number of fused-ring (bicyclic) bond motifs is 1. The number of aliphatic imine (C=N–C) groups is 1. The lowest BCUT2D eigenvalue weighted by Gasteiger charge is -2.26. The van der Waals surface area contributed by atoms with Crippen molar-refractivity contribution in [2.75, 3.05) is 13.2 Å². The molecule has 1 unspecified atom stereocenters. The summed E-state index contributed by atoms with van der Waals surface area (Å²) in [5.41, 5.74) is 8.72. The number of hydrogen-bond donors (Lipinski definition) is 2. The van der Waals surface area contributed by atoms with Crippen molar-refractivity contribution in [2.45, 2.75) is 38.1 Å². The van der Waals surface area contributed by atoms with E-state index in [1.54, 1.807) is 0 Å². The number of nitrogens with zero attached hydrogens (tertiary/aromatic N) is 1. The first-order chi connectivity index (χ1) is 10.3. The predicted molar refractivity (Wildman–Crippen MR) is 101 cm³/mol. The zero-order valence-corrected chi connectivity index (χ0v) is 15.1. The highest BCUT2D eigenvalue weighted by atomic mass is 127. The quantitative estimate of drug-likeness (QED) is 0.344. The average Bonchev–Trinajstić information content (AvgIpc) is 3.01. The smallest absolute Gasteiger partial charge is 0.189 e. The lowest BCUT2D eigenvalue weighted by molar-refractivity contribution is 0.262. The number of nitrogens with one attached hydrogen (secondary N) is 1. The Morgan fingerprint density at radius 1 is 1.36 bits per heavy atom. The van der Waals surface area contributed by atoms with Crippen LogP contribution in [0.1, 0.15) is 43.7 Å². The molecule has 1 aliphatic carbocycles. The second-order valence-corrected chi connectivity index (χ2v) is 5.64. The summed E-state index contributed by atoms with van der Waals surface area (Å²) in [6.07, 6.45) is 8.05. The van der Waals surface area contributed by atoms with Crippen molar-refractivity contribution in [1.29, 1.82) is 0 Å². The first-order valence-corrected chi connectivity index (χ1v) is 7.79. The fourth-order valence-electron chi connectivity index (χ4n) is 3.00. The van der Waals surface area contributed by atoms with Crippen molar-refractivity contribution >= 4 is 29.9 Å². The van der Waals surface area contributed by atoms with Crippen molar-refractivity contribution in [2.24, 2.45) is 10.7 Å². The maximum Gasteiger partial charge on any atom is 0.189 e. The lowest BCUT2D eigenvalue weighted by atomic mass is 10.0. The summed E-state index contributed by atoms with van der Waals surface area (Å²) in [7, 11) is 0. The fraction of sp³-hybridized carbons (Fsp3) is 0.471. The van der Waals surface area contributed by atoms with Gasteiger partial charge >= 0.3 is 0 Å². The van der Waals surface area contributed by atoms with E-state index in [4.69, 9.17) is 10.5 Å². The molecule has 1 atom stereocenters. The molecule has 1 aromatic carbocycles. The summed E-state index contributed by atoms with van der Waals surface area (Å²) >= 11 is 0. The van der Waals surface area contributed by atoms with Gasteiger partial charge in [-0.05, 0) is 31.7 Å². The molecule has 0 radical (unpaired) electrons. The van der Waals surface area contributed by atoms with E-state index in [1.807, 2.05) is 18.2 Å². The van der Waals surface area contributed by atoms with E-state index in [0.29, 0.717) is 5.96 Å². The van der Waals surface area contributed by atoms with Crippen molar-refractivity contribution < 1.29 is 4.74 Å². The Hall–Kier alpha value is -1.24. The lowest BCUT2D eigenvalue weighted by Crippen LogP contribution is -2.37. The molecule has 3 N–H and O–H groups in total. The Morgan fingerprint density at radius 3 is 3.05 bits per heavy atom. The van der Waals surface area contributed by atoms with Crippen LogP contribution in [-0.2, 0) is 0 Å². The van der Waals surface area contributed by atoms with Gasteiger partial charge in [-0.15, -0.1) is 24.0 Å². The van der Waals surface area contributed by atoms with Crippen LogP contribution in [0.3, 0.4) is 0 Å². The summed E-state index contributed by atoms with van der Waals surface area (Å²) in [5, 5.41) is 3.33. The summed E-state index contributed by atoms with van der Waals surface area (Å²) in [4.78, 5) is 4.46. The van der Waals surface area contributed by atoms with E-state index in [-0.39, 0.29) is 30.0 Å². The zero-order valence-electron chi connectivity index (χ0n) is 12.8. The molecular formula is C17H24IN3O. The third kappa shape index (κ3) is 4.38. The Kier molecular flexibility index (Phi) is 6.54. The van der Waals surface area contributed by atoms with Gasteiger partial charge in [0.25, 0.3) is 0 Å². The fourth-order valence-corrected chi connectivity index (χ4v) is 3.00. The topological polar surface area (TPSA) is 59.6 Å². The van der Waals surface area contributed by atoms with Crippen molar-refractivity contribution in [1.82, 2.24) is 5.32 Å². The summed E-state index contributed by atoms with van der Waals surface area (Å²) in [5.74, 6) is 1.49. The zero-order chi connectivity index (χ0) is 14.5. The number of allylic oxidation sites excluding steroid dienone is 1. The third-order valence-corrected chi connectivity index (χ3v) is 4.13. The van der Waals surface area contributed by atoms with Crippen LogP contribution in [0, 0.1) is 0 Å². The molecule has 22 heavy (non-hydrogen) atoms. The molecule has 0 saturated heterocycles. The van der Waals surface area contributed by atoms with Crippen LogP contribution in [0.5, 0.6) is 5.75 Å². The van der Waals surface area contributed by atoms with Crippen LogP contribution in [0.4, 0.5) is 0 Å². The second-order valence-electron chi connectivity index (χ2n) is 5.64. The number of halogens is 1. The van der Waals surface area contributed by atoms with Crippen molar-refractivity contribution in [3.63, 3.8) is 0 Å². The number of rotatable bonds is 4. The molecule has 1 heterocycles. The first kappa shape index (κ1) is 17.1. The standard InChI is InChI=1S/C17H23N3O.HI/c18-17(19-11-9-13-5-1-2-6-13)20-15-10-12-21-16-8-4-3-7-14(15)16;/h3-5,7-8,15H,1-2,6,9-12H2,(H3,18,19,20);1H. The van der Waals surface area contributed by atoms with E-state index >= 15 is 0 Å². The van der Waals surface area contributed by atoms with E-state index in [2.05, 4.69) is 22.5 Å². The minimum absolute atomic E-state index is 0. The van der Waals surface area contributed by atoms with Gasteiger partial charge in [0.2, 0.25) is 0 Å². The summed E-state index contributed by atoms with van der Waals surface area (Å²) < 4.78 is 5.66. The molecular weight excluding hydrogens is 389 g/mol. The molecule has 0 saturated carbocycles. The van der Waals surface area contributed by atoms with E-state index in [9.17, 15) is 0 Å². The Balaban J connectivity index is 0.00000176. The van der Waals surface area contributed by atoms with Gasteiger partial charge in [0, 0.05) is 18.5 Å². The van der Waals surface area contributed by atoms with E-state index < -0.39 is 0 Å². The molecule has 0 spiro atoms. The predicted octanol–water partition coefficient (Wildman–Crippen LogP) is 3.53. The molecule has 4 nitrogen and oxygen atoms in total. The highest BCUT2D eigenvalue weighted by Crippen LogP contribution is 2.31. The molecule has 0 amide bonds. The number of guanidine groups is 1. The average molecular weight is 413 g/mol. The number of benzene rings is 1. The van der Waals surface area contributed by atoms with Gasteiger partial charge in [-0.1, -0.05) is 29.8 Å². The Labute approximate surface area is 149 Å². The maximum absolute atomic E-state index is 6.03. The second kappa shape index (κ2) is 8.41. The summed E-state index contributed by atoms with van der Waals surface area (Å²) in [6.45, 7) is 1.49. The Bertz CT molecular complexity index is 557. The van der Waals surface area contributed by atoms with Crippen LogP contribution in [0.15, 0.2) is 40.9 Å². The highest BCUT2D eigenvalue weighted by molar-refractivity contribution is 14.0. The summed E-state index contributed by atoms with van der Waals surface area (Å²) in [6, 6.07) is 8.31. The van der Waals surface area contributed by atoms with Crippen molar-refractivity contribution in [3.8, 4) is 5.75 Å². The number of para-hydroxylation sites is 1. The van der Waals surface area contributed by atoms with Gasteiger partial charge in [-0.25, -0.2) is 0 Å². The molecule has 0 fully saturated rings. The van der Waals surface area contributed by atoms with Crippen LogP contribution in [-0.4, -0.2) is 19.1 Å². The van der Waals surface area contributed by atoms with Gasteiger partial charge in [0.1, 0.15) is 5.75 Å². The van der Waals surface area contributed by atoms with Gasteiger partial charge in [-0.2, -0.15) is 0 Å². The van der Waals surface area contributed by atoms with E-state index in [1.165, 1.54) is 30.4 Å². The Morgan fingerprint density at radius 2 is 2.23 bits per heavy atom. The first-order valence-electron chi connectivity index (χ1n) is 7.79. The van der Waals surface area contributed by atoms with E-state index in [0.717, 1.165) is 31.7 Å².